The first-order valence-corrected chi connectivity index (χ1v) is 3.84. The van der Waals surface area contributed by atoms with Gasteiger partial charge in [-0.1, -0.05) is 0 Å². The number of hydrogen-bond acceptors (Lipinski definition) is 2. The molecule has 0 saturated heterocycles. The topological polar surface area (TPSA) is 30.0 Å². The van der Waals surface area contributed by atoms with Crippen LogP contribution in [0.3, 0.4) is 0 Å². The lowest BCUT2D eigenvalue weighted by Gasteiger charge is -1.98. The Morgan fingerprint density at radius 2 is 2.25 bits per heavy atom. The average Bonchev–Trinajstić information content (AvgIpc) is 2.03. The Kier molecular flexibility index (Phi) is 2.86. The van der Waals surface area contributed by atoms with E-state index < -0.39 is 12.2 Å². The molecular formula is C7H4BrF2NO. The van der Waals surface area contributed by atoms with Crippen molar-refractivity contribution in [1.82, 2.24) is 4.98 Å². The second kappa shape index (κ2) is 3.71. The third kappa shape index (κ3) is 2.07. The fourth-order valence-electron chi connectivity index (χ4n) is 0.682. The summed E-state index contributed by atoms with van der Waals surface area (Å²) < 4.78 is 24.1. The Hall–Kier alpha value is -0.840. The normalized spacial score (nSPS) is 10.3. The first-order valence-electron chi connectivity index (χ1n) is 3.05. The van der Waals surface area contributed by atoms with Crippen LogP contribution in [0.1, 0.15) is 10.4 Å². The van der Waals surface area contributed by atoms with Crippen LogP contribution >= 0.6 is 15.9 Å². The van der Waals surface area contributed by atoms with E-state index in [4.69, 9.17) is 0 Å². The number of alkyl halides is 2. The van der Waals surface area contributed by atoms with Gasteiger partial charge in [0.15, 0.2) is 0 Å². The van der Waals surface area contributed by atoms with Gasteiger partial charge < -0.3 is 0 Å². The van der Waals surface area contributed by atoms with E-state index in [1.807, 2.05) is 0 Å². The maximum Gasteiger partial charge on any atom is 0.300 e. The Labute approximate surface area is 75.7 Å². The molecule has 0 N–H and O–H groups in total. The van der Waals surface area contributed by atoms with E-state index in [9.17, 15) is 13.6 Å². The summed E-state index contributed by atoms with van der Waals surface area (Å²) in [6.45, 7) is 0. The molecule has 0 aliphatic rings. The van der Waals surface area contributed by atoms with Crippen LogP contribution in [0, 0.1) is 0 Å². The largest absolute Gasteiger partial charge is 0.300 e. The van der Waals surface area contributed by atoms with Crippen LogP contribution in [-0.2, 0) is 0 Å². The predicted octanol–water partition coefficient (Wildman–Crippen LogP) is 2.29. The van der Waals surface area contributed by atoms with Crippen molar-refractivity contribution in [3.8, 4) is 0 Å². The zero-order valence-corrected chi connectivity index (χ0v) is 7.38. The number of carbonyl (C=O) groups excluding carboxylic acids is 1. The molecule has 0 aliphatic carbocycles. The van der Waals surface area contributed by atoms with Gasteiger partial charge in [0.2, 0.25) is 5.78 Å². The SMILES string of the molecule is O=C(c1ccnc(Br)c1)C(F)F. The van der Waals surface area contributed by atoms with Crippen molar-refractivity contribution >= 4 is 21.7 Å². The maximum atomic E-state index is 11.9. The molecule has 2 nitrogen and oxygen atoms in total. The van der Waals surface area contributed by atoms with Gasteiger partial charge in [0, 0.05) is 11.8 Å². The standard InChI is InChI=1S/C7H4BrF2NO/c8-5-3-4(1-2-11-5)6(12)7(9)10/h1-3,7H. The summed E-state index contributed by atoms with van der Waals surface area (Å²) in [5.74, 6) is -1.18. The molecule has 5 heteroatoms. The second-order valence-corrected chi connectivity index (χ2v) is 2.84. The van der Waals surface area contributed by atoms with Crippen LogP contribution in [0.25, 0.3) is 0 Å². The molecule has 0 unspecified atom stereocenters. The van der Waals surface area contributed by atoms with Crippen LogP contribution in [0.4, 0.5) is 8.78 Å². The number of pyridine rings is 1. The van der Waals surface area contributed by atoms with Crippen molar-refractivity contribution in [2.24, 2.45) is 0 Å². The van der Waals surface area contributed by atoms with E-state index >= 15 is 0 Å². The lowest BCUT2D eigenvalue weighted by atomic mass is 10.2. The Balaban J connectivity index is 2.96. The highest BCUT2D eigenvalue weighted by Gasteiger charge is 2.17. The molecule has 0 fully saturated rings. The summed E-state index contributed by atoms with van der Waals surface area (Å²) in [5, 5.41) is 0. The highest BCUT2D eigenvalue weighted by Crippen LogP contribution is 2.11. The molecule has 1 rings (SSSR count). The lowest BCUT2D eigenvalue weighted by molar-refractivity contribution is 0.0678. The van der Waals surface area contributed by atoms with Crippen LogP contribution < -0.4 is 0 Å². The fraction of sp³-hybridized carbons (Fsp3) is 0.143. The average molecular weight is 236 g/mol. The minimum atomic E-state index is -2.96. The second-order valence-electron chi connectivity index (χ2n) is 2.03. The highest BCUT2D eigenvalue weighted by molar-refractivity contribution is 9.10. The van der Waals surface area contributed by atoms with Crippen molar-refractivity contribution in [2.45, 2.75) is 6.43 Å². The van der Waals surface area contributed by atoms with Gasteiger partial charge in [-0.2, -0.15) is 0 Å². The van der Waals surface area contributed by atoms with Crippen LogP contribution in [0.5, 0.6) is 0 Å². The number of ketones is 1. The van der Waals surface area contributed by atoms with Crippen LogP contribution in [-0.4, -0.2) is 17.2 Å². The smallest absolute Gasteiger partial charge is 0.288 e. The van der Waals surface area contributed by atoms with Gasteiger partial charge in [-0.15, -0.1) is 0 Å². The van der Waals surface area contributed by atoms with Gasteiger partial charge in [-0.3, -0.25) is 4.79 Å². The van der Waals surface area contributed by atoms with Crippen molar-refractivity contribution in [3.63, 3.8) is 0 Å². The van der Waals surface area contributed by atoms with Gasteiger partial charge >= 0.3 is 6.43 Å². The third-order valence-corrected chi connectivity index (χ3v) is 1.64. The molecule has 0 atom stereocenters. The molecule has 0 saturated carbocycles. The van der Waals surface area contributed by atoms with Crippen molar-refractivity contribution in [3.05, 3.63) is 28.5 Å². The minimum Gasteiger partial charge on any atom is -0.288 e. The molecule has 0 radical (unpaired) electrons. The molecule has 64 valence electrons. The number of rotatable bonds is 2. The molecular weight excluding hydrogens is 232 g/mol. The first kappa shape index (κ1) is 9.25. The minimum absolute atomic E-state index is 0.0353. The third-order valence-electron chi connectivity index (χ3n) is 1.21. The summed E-state index contributed by atoms with van der Waals surface area (Å²) in [4.78, 5) is 14.4. The van der Waals surface area contributed by atoms with E-state index in [1.54, 1.807) is 0 Å². The highest BCUT2D eigenvalue weighted by atomic mass is 79.9. The first-order chi connectivity index (χ1) is 5.61. The van der Waals surface area contributed by atoms with Crippen LogP contribution in [0.2, 0.25) is 0 Å². The maximum absolute atomic E-state index is 11.9. The number of carbonyl (C=O) groups is 1. The van der Waals surface area contributed by atoms with Crippen molar-refractivity contribution in [1.29, 1.82) is 0 Å². The van der Waals surface area contributed by atoms with E-state index in [0.29, 0.717) is 4.60 Å². The molecule has 0 aromatic carbocycles. The lowest BCUT2D eigenvalue weighted by Crippen LogP contribution is -2.09. The summed E-state index contributed by atoms with van der Waals surface area (Å²) >= 11 is 2.97. The molecule has 1 heterocycles. The summed E-state index contributed by atoms with van der Waals surface area (Å²) in [6, 6.07) is 2.51. The Bertz CT molecular complexity index is 303. The Morgan fingerprint density at radius 1 is 1.58 bits per heavy atom. The molecule has 1 aromatic heterocycles. The zero-order chi connectivity index (χ0) is 9.14. The van der Waals surface area contributed by atoms with E-state index in [2.05, 4.69) is 20.9 Å². The molecule has 12 heavy (non-hydrogen) atoms. The molecule has 0 spiro atoms. The van der Waals surface area contributed by atoms with Gasteiger partial charge in [0.25, 0.3) is 0 Å². The predicted molar refractivity (Wildman–Crippen MR) is 42.3 cm³/mol. The van der Waals surface area contributed by atoms with Gasteiger partial charge in [-0.05, 0) is 28.1 Å². The molecule has 0 aliphatic heterocycles. The van der Waals surface area contributed by atoms with E-state index in [1.165, 1.54) is 18.3 Å². The number of halogens is 3. The van der Waals surface area contributed by atoms with Gasteiger partial charge in [0.05, 0.1) is 0 Å². The Morgan fingerprint density at radius 3 is 2.75 bits per heavy atom. The monoisotopic (exact) mass is 235 g/mol. The number of aromatic nitrogens is 1. The van der Waals surface area contributed by atoms with E-state index in [0.717, 1.165) is 0 Å². The zero-order valence-electron chi connectivity index (χ0n) is 5.80. The van der Waals surface area contributed by atoms with Crippen molar-refractivity contribution in [2.75, 3.05) is 0 Å². The van der Waals surface area contributed by atoms with Gasteiger partial charge in [0.1, 0.15) is 4.60 Å². The van der Waals surface area contributed by atoms with E-state index in [-0.39, 0.29) is 5.56 Å². The quantitative estimate of drug-likeness (QED) is 0.582. The fourth-order valence-corrected chi connectivity index (χ4v) is 1.05. The summed E-state index contributed by atoms with van der Waals surface area (Å²) in [7, 11) is 0. The number of hydrogen-bond donors (Lipinski definition) is 0. The molecule has 0 amide bonds. The molecule has 0 bridgehead atoms. The molecule has 1 aromatic rings. The van der Waals surface area contributed by atoms with Crippen LogP contribution in [0.15, 0.2) is 22.9 Å². The van der Waals surface area contributed by atoms with Gasteiger partial charge in [-0.25, -0.2) is 13.8 Å². The summed E-state index contributed by atoms with van der Waals surface area (Å²) in [5.41, 5.74) is -0.0353. The number of nitrogens with zero attached hydrogens (tertiary/aromatic N) is 1. The number of Topliss-reactive ketones (excluding diaryl/α,β-unsaturated/α-hetero) is 1. The summed E-state index contributed by atoms with van der Waals surface area (Å²) in [6.07, 6.45) is -1.67. The van der Waals surface area contributed by atoms with Crippen molar-refractivity contribution < 1.29 is 13.6 Å².